The Hall–Kier alpha value is -0.650. The van der Waals surface area contributed by atoms with E-state index in [0.29, 0.717) is 24.4 Å². The van der Waals surface area contributed by atoms with Gasteiger partial charge in [-0.1, -0.05) is 17.7 Å². The predicted molar refractivity (Wildman–Crippen MR) is 69.9 cm³/mol. The van der Waals surface area contributed by atoms with Gasteiger partial charge in [0, 0.05) is 17.6 Å². The Morgan fingerprint density at radius 1 is 1.33 bits per heavy atom. The maximum absolute atomic E-state index is 12.9. The summed E-state index contributed by atoms with van der Waals surface area (Å²) in [5, 5.41) is 3.66. The van der Waals surface area contributed by atoms with Crippen LogP contribution in [-0.4, -0.2) is 26.0 Å². The normalized spacial score (nSPS) is 19.9. The SMILES string of the molecule is O=S1(=O)CCC(NCc2ccc(F)cc2Cl)CC1. The summed E-state index contributed by atoms with van der Waals surface area (Å²) in [6.45, 7) is 0.532. The number of rotatable bonds is 3. The fourth-order valence-electron chi connectivity index (χ4n) is 2.01. The Bertz CT molecular complexity index is 519. The molecule has 0 amide bonds. The highest BCUT2D eigenvalue weighted by atomic mass is 35.5. The Balaban J connectivity index is 1.89. The minimum Gasteiger partial charge on any atom is -0.310 e. The van der Waals surface area contributed by atoms with Crippen LogP contribution in [0.3, 0.4) is 0 Å². The molecule has 0 aliphatic carbocycles. The van der Waals surface area contributed by atoms with E-state index in [1.54, 1.807) is 6.07 Å². The van der Waals surface area contributed by atoms with Crippen LogP contribution in [0.1, 0.15) is 18.4 Å². The summed E-state index contributed by atoms with van der Waals surface area (Å²) in [6.07, 6.45) is 1.25. The predicted octanol–water partition coefficient (Wildman–Crippen LogP) is 2.15. The van der Waals surface area contributed by atoms with Crippen molar-refractivity contribution >= 4 is 21.4 Å². The van der Waals surface area contributed by atoms with Crippen molar-refractivity contribution in [2.24, 2.45) is 0 Å². The van der Waals surface area contributed by atoms with Crippen molar-refractivity contribution in [1.82, 2.24) is 5.32 Å². The summed E-state index contributed by atoms with van der Waals surface area (Å²) in [6, 6.07) is 4.48. The molecule has 1 heterocycles. The van der Waals surface area contributed by atoms with Gasteiger partial charge in [-0.05, 0) is 30.5 Å². The summed E-state index contributed by atoms with van der Waals surface area (Å²) in [5.41, 5.74) is 0.825. The Kier molecular flexibility index (Phi) is 4.25. The first-order valence-electron chi connectivity index (χ1n) is 5.84. The molecule has 1 aliphatic heterocycles. The highest BCUT2D eigenvalue weighted by Gasteiger charge is 2.23. The molecule has 1 fully saturated rings. The molecular weight excluding hydrogens is 277 g/mol. The summed E-state index contributed by atoms with van der Waals surface area (Å²) in [5.74, 6) is 0.122. The van der Waals surface area contributed by atoms with Crippen LogP contribution in [0.15, 0.2) is 18.2 Å². The zero-order chi connectivity index (χ0) is 13.2. The second-order valence-corrected chi connectivity index (χ2v) is 7.25. The van der Waals surface area contributed by atoms with Crippen LogP contribution in [0, 0.1) is 5.82 Å². The first-order chi connectivity index (χ1) is 8.46. The number of benzene rings is 1. The maximum atomic E-state index is 12.9. The monoisotopic (exact) mass is 291 g/mol. The molecule has 0 unspecified atom stereocenters. The maximum Gasteiger partial charge on any atom is 0.150 e. The van der Waals surface area contributed by atoms with Gasteiger partial charge in [0.1, 0.15) is 15.7 Å². The molecule has 0 bridgehead atoms. The average Bonchev–Trinajstić information content (AvgIpc) is 2.29. The fraction of sp³-hybridized carbons (Fsp3) is 0.500. The van der Waals surface area contributed by atoms with Gasteiger partial charge >= 0.3 is 0 Å². The Morgan fingerprint density at radius 2 is 2.00 bits per heavy atom. The molecule has 1 saturated heterocycles. The summed E-state index contributed by atoms with van der Waals surface area (Å²) in [7, 11) is -2.83. The van der Waals surface area contributed by atoms with E-state index in [0.717, 1.165) is 5.56 Å². The zero-order valence-electron chi connectivity index (χ0n) is 9.83. The molecular formula is C12H15ClFNO2S. The standard InChI is InChI=1S/C12H15ClFNO2S/c13-12-7-10(14)2-1-9(12)8-15-11-3-5-18(16,17)6-4-11/h1-2,7,11,15H,3-6,8H2. The van der Waals surface area contributed by atoms with Crippen molar-refractivity contribution in [3.05, 3.63) is 34.6 Å². The molecule has 1 aromatic rings. The number of nitrogens with one attached hydrogen (secondary N) is 1. The fourth-order valence-corrected chi connectivity index (χ4v) is 3.74. The van der Waals surface area contributed by atoms with Gasteiger partial charge in [-0.2, -0.15) is 0 Å². The Labute approximate surface area is 111 Å². The molecule has 0 spiro atoms. The van der Waals surface area contributed by atoms with Gasteiger partial charge < -0.3 is 5.32 Å². The lowest BCUT2D eigenvalue weighted by Crippen LogP contribution is -2.37. The van der Waals surface area contributed by atoms with Crippen LogP contribution in [0.4, 0.5) is 4.39 Å². The van der Waals surface area contributed by atoms with E-state index in [1.165, 1.54) is 12.1 Å². The van der Waals surface area contributed by atoms with E-state index < -0.39 is 9.84 Å². The lowest BCUT2D eigenvalue weighted by atomic mass is 10.1. The minimum atomic E-state index is -2.83. The van der Waals surface area contributed by atoms with Crippen LogP contribution >= 0.6 is 11.6 Å². The molecule has 0 saturated carbocycles. The van der Waals surface area contributed by atoms with Crippen LogP contribution in [0.2, 0.25) is 5.02 Å². The highest BCUT2D eigenvalue weighted by Crippen LogP contribution is 2.18. The van der Waals surface area contributed by atoms with Crippen LogP contribution in [-0.2, 0) is 16.4 Å². The second kappa shape index (κ2) is 5.55. The van der Waals surface area contributed by atoms with Crippen molar-refractivity contribution < 1.29 is 12.8 Å². The molecule has 6 heteroatoms. The third kappa shape index (κ3) is 3.67. The molecule has 0 atom stereocenters. The third-order valence-electron chi connectivity index (χ3n) is 3.15. The van der Waals surface area contributed by atoms with Gasteiger partial charge in [-0.3, -0.25) is 0 Å². The molecule has 100 valence electrons. The van der Waals surface area contributed by atoms with Crippen molar-refractivity contribution in [3.8, 4) is 0 Å². The second-order valence-electron chi connectivity index (χ2n) is 4.54. The quantitative estimate of drug-likeness (QED) is 0.928. The van der Waals surface area contributed by atoms with E-state index in [2.05, 4.69) is 5.32 Å². The molecule has 3 nitrogen and oxygen atoms in total. The third-order valence-corrected chi connectivity index (χ3v) is 5.22. The zero-order valence-corrected chi connectivity index (χ0v) is 11.4. The Morgan fingerprint density at radius 3 is 2.61 bits per heavy atom. The van der Waals surface area contributed by atoms with E-state index in [1.807, 2.05) is 0 Å². The summed E-state index contributed by atoms with van der Waals surface area (Å²) >= 11 is 5.92. The van der Waals surface area contributed by atoms with E-state index >= 15 is 0 Å². The summed E-state index contributed by atoms with van der Waals surface area (Å²) in [4.78, 5) is 0. The molecule has 2 rings (SSSR count). The molecule has 1 aromatic carbocycles. The first kappa shape index (κ1) is 13.8. The van der Waals surface area contributed by atoms with Crippen LogP contribution < -0.4 is 5.32 Å². The minimum absolute atomic E-state index is 0.189. The molecule has 0 radical (unpaired) electrons. The van der Waals surface area contributed by atoms with Crippen molar-refractivity contribution in [2.45, 2.75) is 25.4 Å². The van der Waals surface area contributed by atoms with Gasteiger partial charge in [-0.15, -0.1) is 0 Å². The van der Waals surface area contributed by atoms with Crippen LogP contribution in [0.5, 0.6) is 0 Å². The largest absolute Gasteiger partial charge is 0.310 e. The molecule has 0 aromatic heterocycles. The van der Waals surface area contributed by atoms with Gasteiger partial charge in [0.25, 0.3) is 0 Å². The number of halogens is 2. The number of sulfone groups is 1. The van der Waals surface area contributed by atoms with Gasteiger partial charge in [0.15, 0.2) is 0 Å². The van der Waals surface area contributed by atoms with Crippen LogP contribution in [0.25, 0.3) is 0 Å². The lowest BCUT2D eigenvalue weighted by molar-refractivity contribution is 0.463. The first-order valence-corrected chi connectivity index (χ1v) is 8.04. The number of hydrogen-bond donors (Lipinski definition) is 1. The van der Waals surface area contributed by atoms with Gasteiger partial charge in [0.05, 0.1) is 11.5 Å². The average molecular weight is 292 g/mol. The van der Waals surface area contributed by atoms with Crippen molar-refractivity contribution in [3.63, 3.8) is 0 Å². The van der Waals surface area contributed by atoms with E-state index in [-0.39, 0.29) is 23.4 Å². The van der Waals surface area contributed by atoms with E-state index in [4.69, 9.17) is 11.6 Å². The molecule has 1 N–H and O–H groups in total. The highest BCUT2D eigenvalue weighted by molar-refractivity contribution is 7.91. The summed E-state index contributed by atoms with van der Waals surface area (Å²) < 4.78 is 35.4. The van der Waals surface area contributed by atoms with Gasteiger partial charge in [0.2, 0.25) is 0 Å². The topological polar surface area (TPSA) is 46.2 Å². The number of hydrogen-bond acceptors (Lipinski definition) is 3. The lowest BCUT2D eigenvalue weighted by Gasteiger charge is -2.23. The van der Waals surface area contributed by atoms with E-state index in [9.17, 15) is 12.8 Å². The molecule has 18 heavy (non-hydrogen) atoms. The van der Waals surface area contributed by atoms with Gasteiger partial charge in [-0.25, -0.2) is 12.8 Å². The van der Waals surface area contributed by atoms with Crippen molar-refractivity contribution in [2.75, 3.05) is 11.5 Å². The smallest absolute Gasteiger partial charge is 0.150 e. The van der Waals surface area contributed by atoms with Crippen molar-refractivity contribution in [1.29, 1.82) is 0 Å². The molecule has 1 aliphatic rings.